The Kier molecular flexibility index (Phi) is 5.61. The number of hydrogen-bond acceptors (Lipinski definition) is 4. The van der Waals surface area contributed by atoms with Gasteiger partial charge in [-0.25, -0.2) is 0 Å². The summed E-state index contributed by atoms with van der Waals surface area (Å²) >= 11 is 0. The van der Waals surface area contributed by atoms with E-state index in [1.165, 1.54) is 6.92 Å². The molecule has 1 rings (SSSR count). The fraction of sp³-hybridized carbons (Fsp3) is 0.462. The molecule has 0 aliphatic heterocycles. The lowest BCUT2D eigenvalue weighted by Gasteiger charge is -2.15. The number of carbonyl (C=O) groups excluding carboxylic acids is 1. The minimum absolute atomic E-state index is 0.0629. The molecule has 4 N–H and O–H groups in total. The van der Waals surface area contributed by atoms with Crippen LogP contribution in [0.2, 0.25) is 0 Å². The number of aliphatic hydroxyl groups excluding tert-OH is 2. The van der Waals surface area contributed by atoms with Crippen molar-refractivity contribution in [2.75, 3.05) is 18.5 Å². The quantitative estimate of drug-likeness (QED) is 0.599. The largest absolute Gasteiger partial charge is 0.394 e. The molecule has 0 spiro atoms. The van der Waals surface area contributed by atoms with E-state index in [0.29, 0.717) is 0 Å². The van der Waals surface area contributed by atoms with Gasteiger partial charge < -0.3 is 20.8 Å². The van der Waals surface area contributed by atoms with Gasteiger partial charge in [-0.2, -0.15) is 0 Å². The molecule has 1 aromatic carbocycles. The normalized spacial score (nSPS) is 13.8. The van der Waals surface area contributed by atoms with E-state index in [0.717, 1.165) is 11.3 Å². The maximum absolute atomic E-state index is 11.0. The van der Waals surface area contributed by atoms with Crippen LogP contribution in [0.4, 0.5) is 5.69 Å². The molecule has 0 saturated carbocycles. The van der Waals surface area contributed by atoms with Gasteiger partial charge >= 0.3 is 0 Å². The Balaban J connectivity index is 2.64. The van der Waals surface area contributed by atoms with Crippen molar-refractivity contribution in [1.82, 2.24) is 5.32 Å². The van der Waals surface area contributed by atoms with Crippen molar-refractivity contribution < 1.29 is 15.0 Å². The predicted molar refractivity (Wildman–Crippen MR) is 70.3 cm³/mol. The zero-order valence-electron chi connectivity index (χ0n) is 10.7. The van der Waals surface area contributed by atoms with Crippen molar-refractivity contribution in [1.29, 1.82) is 0 Å². The van der Waals surface area contributed by atoms with Gasteiger partial charge in [-0.05, 0) is 24.6 Å². The van der Waals surface area contributed by atoms with Gasteiger partial charge in [-0.15, -0.1) is 0 Å². The van der Waals surface area contributed by atoms with Crippen LogP contribution >= 0.6 is 0 Å². The van der Waals surface area contributed by atoms with Gasteiger partial charge in [0.05, 0.1) is 18.8 Å². The van der Waals surface area contributed by atoms with Crippen molar-refractivity contribution in [3.63, 3.8) is 0 Å². The second-order valence-electron chi connectivity index (χ2n) is 4.26. The summed E-state index contributed by atoms with van der Waals surface area (Å²) in [5.74, 6) is -0.0726. The van der Waals surface area contributed by atoms with E-state index in [9.17, 15) is 9.90 Å². The highest BCUT2D eigenvalue weighted by Gasteiger charge is 2.07. The summed E-state index contributed by atoms with van der Waals surface area (Å²) in [5, 5.41) is 23.8. The first-order chi connectivity index (χ1) is 8.52. The SMILES string of the molecule is CC(=O)NC(C)c1cccc(NCC(O)CO)c1. The number of anilines is 1. The van der Waals surface area contributed by atoms with Crippen molar-refractivity contribution >= 4 is 11.6 Å². The maximum Gasteiger partial charge on any atom is 0.217 e. The standard InChI is InChI=1S/C13H20N2O3/c1-9(15-10(2)17)11-4-3-5-12(6-11)14-7-13(18)8-16/h3-6,9,13-14,16,18H,7-8H2,1-2H3,(H,15,17). The Morgan fingerprint density at radius 1 is 1.44 bits per heavy atom. The zero-order chi connectivity index (χ0) is 13.5. The van der Waals surface area contributed by atoms with Gasteiger partial charge in [0.1, 0.15) is 0 Å². The van der Waals surface area contributed by atoms with Gasteiger partial charge in [0.2, 0.25) is 5.91 Å². The average molecular weight is 252 g/mol. The van der Waals surface area contributed by atoms with Crippen LogP contribution in [0.15, 0.2) is 24.3 Å². The first kappa shape index (κ1) is 14.5. The van der Waals surface area contributed by atoms with Crippen LogP contribution in [-0.4, -0.2) is 35.4 Å². The van der Waals surface area contributed by atoms with Crippen LogP contribution in [0.25, 0.3) is 0 Å². The lowest BCUT2D eigenvalue weighted by molar-refractivity contribution is -0.119. The van der Waals surface area contributed by atoms with Gasteiger partial charge in [0.15, 0.2) is 0 Å². The molecule has 0 bridgehead atoms. The summed E-state index contributed by atoms with van der Waals surface area (Å²) in [5.41, 5.74) is 1.82. The van der Waals surface area contributed by atoms with Crippen LogP contribution in [0.1, 0.15) is 25.5 Å². The molecule has 1 aromatic rings. The molecular formula is C13H20N2O3. The summed E-state index contributed by atoms with van der Waals surface area (Å²) in [6.07, 6.45) is -0.776. The van der Waals surface area contributed by atoms with Gasteiger partial charge in [-0.3, -0.25) is 4.79 Å². The minimum atomic E-state index is -0.776. The van der Waals surface area contributed by atoms with Crippen LogP contribution < -0.4 is 10.6 Å². The number of amides is 1. The predicted octanol–water partition coefficient (Wildman–Crippen LogP) is 0.649. The average Bonchev–Trinajstić information content (AvgIpc) is 2.35. The van der Waals surface area contributed by atoms with Gasteiger partial charge in [0.25, 0.3) is 0 Å². The number of hydrogen-bond donors (Lipinski definition) is 4. The Labute approximate surface area is 107 Å². The second-order valence-corrected chi connectivity index (χ2v) is 4.26. The first-order valence-electron chi connectivity index (χ1n) is 5.92. The third kappa shape index (κ3) is 4.73. The summed E-state index contributed by atoms with van der Waals surface area (Å²) < 4.78 is 0. The molecule has 0 aromatic heterocycles. The molecule has 2 unspecified atom stereocenters. The van der Waals surface area contributed by atoms with E-state index in [1.807, 2.05) is 31.2 Å². The number of nitrogens with one attached hydrogen (secondary N) is 2. The lowest BCUT2D eigenvalue weighted by Crippen LogP contribution is -2.24. The van der Waals surface area contributed by atoms with Gasteiger partial charge in [0, 0.05) is 19.2 Å². The van der Waals surface area contributed by atoms with E-state index < -0.39 is 6.10 Å². The minimum Gasteiger partial charge on any atom is -0.394 e. The molecule has 0 aliphatic rings. The van der Waals surface area contributed by atoms with Crippen LogP contribution in [0.5, 0.6) is 0 Å². The Morgan fingerprint density at radius 3 is 2.78 bits per heavy atom. The summed E-state index contributed by atoms with van der Waals surface area (Å²) in [6, 6.07) is 7.51. The van der Waals surface area contributed by atoms with Crippen molar-refractivity contribution in [3.8, 4) is 0 Å². The number of rotatable bonds is 6. The molecule has 100 valence electrons. The Morgan fingerprint density at radius 2 is 2.17 bits per heavy atom. The molecule has 5 nitrogen and oxygen atoms in total. The molecule has 0 saturated heterocycles. The van der Waals surface area contributed by atoms with E-state index in [2.05, 4.69) is 10.6 Å². The molecule has 0 radical (unpaired) electrons. The highest BCUT2D eigenvalue weighted by Crippen LogP contribution is 2.17. The summed E-state index contributed by atoms with van der Waals surface area (Å²) in [7, 11) is 0. The second kappa shape index (κ2) is 6.98. The van der Waals surface area contributed by atoms with E-state index >= 15 is 0 Å². The first-order valence-corrected chi connectivity index (χ1v) is 5.92. The smallest absolute Gasteiger partial charge is 0.217 e. The fourth-order valence-corrected chi connectivity index (χ4v) is 1.61. The molecule has 2 atom stereocenters. The van der Waals surface area contributed by atoms with E-state index in [-0.39, 0.29) is 25.1 Å². The molecule has 0 aliphatic carbocycles. The third-order valence-electron chi connectivity index (χ3n) is 2.56. The molecule has 1 amide bonds. The van der Waals surface area contributed by atoms with Crippen LogP contribution in [-0.2, 0) is 4.79 Å². The fourth-order valence-electron chi connectivity index (χ4n) is 1.61. The summed E-state index contributed by atoms with van der Waals surface area (Å²) in [6.45, 7) is 3.41. The molecular weight excluding hydrogens is 232 g/mol. The van der Waals surface area contributed by atoms with E-state index in [4.69, 9.17) is 5.11 Å². The zero-order valence-corrected chi connectivity index (χ0v) is 10.7. The van der Waals surface area contributed by atoms with Crippen molar-refractivity contribution in [2.45, 2.75) is 26.0 Å². The van der Waals surface area contributed by atoms with Crippen molar-refractivity contribution in [2.24, 2.45) is 0 Å². The number of aliphatic hydroxyl groups is 2. The Hall–Kier alpha value is -1.59. The van der Waals surface area contributed by atoms with Crippen LogP contribution in [0.3, 0.4) is 0 Å². The maximum atomic E-state index is 11.0. The molecule has 18 heavy (non-hydrogen) atoms. The van der Waals surface area contributed by atoms with Crippen LogP contribution in [0, 0.1) is 0 Å². The number of benzene rings is 1. The summed E-state index contributed by atoms with van der Waals surface area (Å²) in [4.78, 5) is 11.0. The third-order valence-corrected chi connectivity index (χ3v) is 2.56. The van der Waals surface area contributed by atoms with E-state index in [1.54, 1.807) is 0 Å². The lowest BCUT2D eigenvalue weighted by atomic mass is 10.1. The Bertz CT molecular complexity index is 396. The van der Waals surface area contributed by atoms with Gasteiger partial charge in [-0.1, -0.05) is 12.1 Å². The highest BCUT2D eigenvalue weighted by atomic mass is 16.3. The molecule has 5 heteroatoms. The molecule has 0 heterocycles. The molecule has 0 fully saturated rings. The topological polar surface area (TPSA) is 81.6 Å². The highest BCUT2D eigenvalue weighted by molar-refractivity contribution is 5.73. The van der Waals surface area contributed by atoms with Crippen molar-refractivity contribution in [3.05, 3.63) is 29.8 Å². The monoisotopic (exact) mass is 252 g/mol. The number of carbonyl (C=O) groups is 1.